The van der Waals surface area contributed by atoms with Crippen molar-refractivity contribution in [2.45, 2.75) is 19.8 Å². The number of oxazole rings is 1. The van der Waals surface area contributed by atoms with Gasteiger partial charge in [0.05, 0.1) is 0 Å². The van der Waals surface area contributed by atoms with Crippen molar-refractivity contribution in [3.05, 3.63) is 54.2 Å². The van der Waals surface area contributed by atoms with E-state index in [-0.39, 0.29) is 0 Å². The molecule has 0 bridgehead atoms. The van der Waals surface area contributed by atoms with Crippen molar-refractivity contribution in [3.63, 3.8) is 0 Å². The van der Waals surface area contributed by atoms with Gasteiger partial charge in [-0.3, -0.25) is 0 Å². The molecule has 1 aromatic carbocycles. The maximum atomic E-state index is 4.95. The van der Waals surface area contributed by atoms with Gasteiger partial charge in [0.2, 0.25) is 5.95 Å². The molecule has 116 valence electrons. The maximum absolute atomic E-state index is 4.95. The molecule has 0 saturated carbocycles. The molecule has 0 spiro atoms. The SMILES string of the molecule is Cc1ccc2c(c1)CCCN2c1ccnc(Nc2cocn2)n1. The minimum atomic E-state index is 0.510. The number of aryl methyl sites for hydroxylation is 2. The molecular formula is C17H17N5O. The summed E-state index contributed by atoms with van der Waals surface area (Å²) in [6.07, 6.45) is 6.88. The molecule has 6 heteroatoms. The second-order valence-corrected chi connectivity index (χ2v) is 5.62. The van der Waals surface area contributed by atoms with Gasteiger partial charge in [-0.25, -0.2) is 4.98 Å². The summed E-state index contributed by atoms with van der Waals surface area (Å²) in [4.78, 5) is 15.1. The molecule has 23 heavy (non-hydrogen) atoms. The largest absolute Gasteiger partial charge is 0.449 e. The highest BCUT2D eigenvalue weighted by molar-refractivity contribution is 5.66. The molecule has 0 saturated heterocycles. The van der Waals surface area contributed by atoms with Gasteiger partial charge in [-0.1, -0.05) is 17.7 Å². The Hall–Kier alpha value is -2.89. The molecule has 0 atom stereocenters. The van der Waals surface area contributed by atoms with E-state index in [0.717, 1.165) is 25.2 Å². The van der Waals surface area contributed by atoms with Crippen molar-refractivity contribution >= 4 is 23.3 Å². The first-order chi connectivity index (χ1) is 11.3. The zero-order chi connectivity index (χ0) is 15.6. The van der Waals surface area contributed by atoms with Gasteiger partial charge in [-0.05, 0) is 37.5 Å². The first kappa shape index (κ1) is 13.8. The first-order valence-corrected chi connectivity index (χ1v) is 7.65. The van der Waals surface area contributed by atoms with Crippen LogP contribution in [0.3, 0.4) is 0 Å². The molecule has 0 fully saturated rings. The van der Waals surface area contributed by atoms with Gasteiger partial charge in [0, 0.05) is 18.4 Å². The van der Waals surface area contributed by atoms with Crippen LogP contribution in [0.4, 0.5) is 23.3 Å². The minimum Gasteiger partial charge on any atom is -0.449 e. The Kier molecular flexibility index (Phi) is 3.42. The molecular weight excluding hydrogens is 290 g/mol. The standard InChI is InChI=1S/C17H17N5O/c1-12-4-5-14-13(9-12)3-2-8-22(14)16-6-7-18-17(21-16)20-15-10-23-11-19-15/h4-7,9-11H,2-3,8H2,1H3,(H,18,20,21). The van der Waals surface area contributed by atoms with Crippen molar-refractivity contribution in [1.29, 1.82) is 0 Å². The van der Waals surface area contributed by atoms with Crippen LogP contribution in [0.2, 0.25) is 0 Å². The van der Waals surface area contributed by atoms with Crippen LogP contribution < -0.4 is 10.2 Å². The lowest BCUT2D eigenvalue weighted by molar-refractivity contribution is 0.558. The lowest BCUT2D eigenvalue weighted by Crippen LogP contribution is -2.25. The van der Waals surface area contributed by atoms with Gasteiger partial charge in [-0.2, -0.15) is 9.97 Å². The quantitative estimate of drug-likeness (QED) is 0.797. The number of aromatic nitrogens is 3. The number of benzene rings is 1. The average Bonchev–Trinajstić information content (AvgIpc) is 3.07. The summed E-state index contributed by atoms with van der Waals surface area (Å²) in [5.74, 6) is 1.99. The number of anilines is 4. The van der Waals surface area contributed by atoms with Crippen molar-refractivity contribution < 1.29 is 4.42 Å². The second kappa shape index (κ2) is 5.72. The van der Waals surface area contributed by atoms with Gasteiger partial charge >= 0.3 is 0 Å². The molecule has 4 rings (SSSR count). The molecule has 6 nitrogen and oxygen atoms in total. The number of hydrogen-bond donors (Lipinski definition) is 1. The van der Waals surface area contributed by atoms with E-state index >= 15 is 0 Å². The van der Waals surface area contributed by atoms with E-state index in [1.165, 1.54) is 29.5 Å². The Morgan fingerprint density at radius 3 is 3.04 bits per heavy atom. The van der Waals surface area contributed by atoms with Gasteiger partial charge in [0.15, 0.2) is 12.2 Å². The lowest BCUT2D eigenvalue weighted by Gasteiger charge is -2.30. The topological polar surface area (TPSA) is 67.1 Å². The van der Waals surface area contributed by atoms with Crippen molar-refractivity contribution in [3.8, 4) is 0 Å². The zero-order valence-corrected chi connectivity index (χ0v) is 12.9. The second-order valence-electron chi connectivity index (χ2n) is 5.62. The Labute approximate surface area is 134 Å². The van der Waals surface area contributed by atoms with E-state index in [4.69, 9.17) is 4.42 Å². The van der Waals surface area contributed by atoms with Crippen LogP contribution in [-0.4, -0.2) is 21.5 Å². The van der Waals surface area contributed by atoms with E-state index in [9.17, 15) is 0 Å². The fraction of sp³-hybridized carbons (Fsp3) is 0.235. The number of hydrogen-bond acceptors (Lipinski definition) is 6. The zero-order valence-electron chi connectivity index (χ0n) is 12.9. The van der Waals surface area contributed by atoms with Crippen molar-refractivity contribution in [2.24, 2.45) is 0 Å². The minimum absolute atomic E-state index is 0.510. The maximum Gasteiger partial charge on any atom is 0.230 e. The van der Waals surface area contributed by atoms with Crippen LogP contribution in [0.15, 0.2) is 47.5 Å². The van der Waals surface area contributed by atoms with Gasteiger partial charge in [-0.15, -0.1) is 0 Å². The summed E-state index contributed by atoms with van der Waals surface area (Å²) in [6.45, 7) is 3.08. The Morgan fingerprint density at radius 2 is 2.17 bits per heavy atom. The van der Waals surface area contributed by atoms with Crippen LogP contribution in [0.1, 0.15) is 17.5 Å². The number of nitrogens with one attached hydrogen (secondary N) is 1. The molecule has 0 amide bonds. The fourth-order valence-electron chi connectivity index (χ4n) is 2.91. The molecule has 0 unspecified atom stereocenters. The average molecular weight is 307 g/mol. The lowest BCUT2D eigenvalue weighted by atomic mass is 9.99. The van der Waals surface area contributed by atoms with Crippen molar-refractivity contribution in [2.75, 3.05) is 16.8 Å². The smallest absolute Gasteiger partial charge is 0.230 e. The highest BCUT2D eigenvalue weighted by Crippen LogP contribution is 2.33. The highest BCUT2D eigenvalue weighted by Gasteiger charge is 2.19. The summed E-state index contributed by atoms with van der Waals surface area (Å²) in [7, 11) is 0. The summed E-state index contributed by atoms with van der Waals surface area (Å²) in [5.41, 5.74) is 3.90. The third-order valence-electron chi connectivity index (χ3n) is 3.94. The number of nitrogens with zero attached hydrogens (tertiary/aromatic N) is 4. The molecule has 0 aliphatic carbocycles. The normalized spacial score (nSPS) is 13.7. The highest BCUT2D eigenvalue weighted by atomic mass is 16.3. The number of rotatable bonds is 3. The summed E-state index contributed by atoms with van der Waals surface area (Å²) < 4.78 is 4.95. The van der Waals surface area contributed by atoms with Crippen molar-refractivity contribution in [1.82, 2.24) is 15.0 Å². The summed E-state index contributed by atoms with van der Waals surface area (Å²) in [6, 6.07) is 8.52. The summed E-state index contributed by atoms with van der Waals surface area (Å²) >= 11 is 0. The third-order valence-corrected chi connectivity index (χ3v) is 3.94. The molecule has 1 aliphatic rings. The predicted octanol–water partition coefficient (Wildman–Crippen LogP) is 3.60. The van der Waals surface area contributed by atoms with E-state index in [2.05, 4.69) is 50.3 Å². The molecule has 1 aliphatic heterocycles. The molecule has 1 N–H and O–H groups in total. The Morgan fingerprint density at radius 1 is 1.22 bits per heavy atom. The fourth-order valence-corrected chi connectivity index (χ4v) is 2.91. The van der Waals surface area contributed by atoms with E-state index in [1.54, 1.807) is 6.20 Å². The summed E-state index contributed by atoms with van der Waals surface area (Å²) in [5, 5.41) is 3.04. The van der Waals surface area contributed by atoms with E-state index < -0.39 is 0 Å². The van der Waals surface area contributed by atoms with Gasteiger partial charge in [0.1, 0.15) is 12.1 Å². The molecule has 0 radical (unpaired) electrons. The molecule has 3 heterocycles. The van der Waals surface area contributed by atoms with E-state index in [1.807, 2.05) is 6.07 Å². The monoisotopic (exact) mass is 307 g/mol. The Bertz CT molecular complexity index is 816. The molecule has 2 aromatic heterocycles. The van der Waals surface area contributed by atoms with Crippen LogP contribution in [0, 0.1) is 6.92 Å². The van der Waals surface area contributed by atoms with Gasteiger partial charge < -0.3 is 14.6 Å². The van der Waals surface area contributed by atoms with Crippen LogP contribution >= 0.6 is 0 Å². The Balaban J connectivity index is 1.66. The predicted molar refractivity (Wildman–Crippen MR) is 88.3 cm³/mol. The first-order valence-electron chi connectivity index (χ1n) is 7.65. The molecule has 3 aromatic rings. The van der Waals surface area contributed by atoms with Crippen LogP contribution in [0.25, 0.3) is 0 Å². The third kappa shape index (κ3) is 2.75. The van der Waals surface area contributed by atoms with Crippen LogP contribution in [0.5, 0.6) is 0 Å². The van der Waals surface area contributed by atoms with E-state index in [0.29, 0.717) is 11.8 Å². The van der Waals surface area contributed by atoms with Crippen LogP contribution in [-0.2, 0) is 6.42 Å². The van der Waals surface area contributed by atoms with Gasteiger partial charge in [0.25, 0.3) is 0 Å². The number of fused-ring (bicyclic) bond motifs is 1.